The van der Waals surface area contributed by atoms with E-state index in [1.54, 1.807) is 0 Å². The summed E-state index contributed by atoms with van der Waals surface area (Å²) >= 11 is 1.90. The Kier molecular flexibility index (Phi) is 6.55. The van der Waals surface area contributed by atoms with Gasteiger partial charge < -0.3 is 5.73 Å². The maximum absolute atomic E-state index is 5.56. The Morgan fingerprint density at radius 2 is 2.24 bits per heavy atom. The summed E-state index contributed by atoms with van der Waals surface area (Å²) in [5.74, 6) is 1.17. The lowest BCUT2D eigenvalue weighted by molar-refractivity contribution is 0.245. The lowest BCUT2D eigenvalue weighted by Crippen LogP contribution is -2.32. The molecule has 96 valence electrons. The first-order valence-electron chi connectivity index (χ1n) is 6.04. The minimum absolute atomic E-state index is 0.563. The molecule has 1 aromatic heterocycles. The highest BCUT2D eigenvalue weighted by atomic mass is 32.2. The predicted molar refractivity (Wildman–Crippen MR) is 76.1 cm³/mol. The molecule has 3 nitrogen and oxygen atoms in total. The summed E-state index contributed by atoms with van der Waals surface area (Å²) in [6, 6.07) is 4.76. The second-order valence-electron chi connectivity index (χ2n) is 4.29. The minimum atomic E-state index is 0.563. The van der Waals surface area contributed by atoms with Crippen molar-refractivity contribution in [1.29, 1.82) is 0 Å². The number of rotatable bonds is 7. The zero-order valence-corrected chi connectivity index (χ0v) is 11.8. The van der Waals surface area contributed by atoms with Crippen molar-refractivity contribution in [2.45, 2.75) is 32.5 Å². The van der Waals surface area contributed by atoms with Crippen LogP contribution >= 0.6 is 11.8 Å². The molecular formula is C13H23N3S. The summed E-state index contributed by atoms with van der Waals surface area (Å²) in [6.45, 7) is 3.71. The van der Waals surface area contributed by atoms with Gasteiger partial charge in [-0.25, -0.2) is 0 Å². The van der Waals surface area contributed by atoms with Gasteiger partial charge in [-0.2, -0.15) is 11.8 Å². The van der Waals surface area contributed by atoms with Crippen LogP contribution in [-0.2, 0) is 13.1 Å². The molecule has 1 unspecified atom stereocenters. The molecule has 0 bridgehead atoms. The Labute approximate surface area is 109 Å². The summed E-state index contributed by atoms with van der Waals surface area (Å²) in [5.41, 5.74) is 7.76. The molecule has 4 heteroatoms. The molecule has 0 spiro atoms. The monoisotopic (exact) mass is 253 g/mol. The maximum Gasteiger partial charge on any atom is 0.0544 e. The summed E-state index contributed by atoms with van der Waals surface area (Å²) in [7, 11) is 2.17. The molecule has 0 aliphatic heterocycles. The third kappa shape index (κ3) is 4.66. The van der Waals surface area contributed by atoms with Crippen LogP contribution < -0.4 is 5.73 Å². The van der Waals surface area contributed by atoms with Gasteiger partial charge in [0.15, 0.2) is 0 Å². The quantitative estimate of drug-likeness (QED) is 0.808. The molecule has 0 radical (unpaired) electrons. The van der Waals surface area contributed by atoms with Gasteiger partial charge in [0.1, 0.15) is 0 Å². The number of aromatic nitrogens is 1. The van der Waals surface area contributed by atoms with Gasteiger partial charge in [-0.3, -0.25) is 9.88 Å². The number of hydrogen-bond donors (Lipinski definition) is 1. The molecule has 2 N–H and O–H groups in total. The van der Waals surface area contributed by atoms with Crippen LogP contribution in [0.1, 0.15) is 24.6 Å². The molecule has 0 aliphatic carbocycles. The fraction of sp³-hybridized carbons (Fsp3) is 0.615. The molecule has 1 aromatic rings. The Morgan fingerprint density at radius 3 is 2.71 bits per heavy atom. The van der Waals surface area contributed by atoms with Gasteiger partial charge in [-0.05, 0) is 31.4 Å². The first-order chi connectivity index (χ1) is 8.21. The molecule has 1 atom stereocenters. The molecule has 0 aliphatic rings. The number of nitrogens with zero attached hydrogens (tertiary/aromatic N) is 2. The molecule has 0 amide bonds. The average Bonchev–Trinajstić information content (AvgIpc) is 2.36. The third-order valence-electron chi connectivity index (χ3n) is 2.99. The van der Waals surface area contributed by atoms with Crippen molar-refractivity contribution in [3.8, 4) is 0 Å². The van der Waals surface area contributed by atoms with Crippen LogP contribution in [0.4, 0.5) is 0 Å². The van der Waals surface area contributed by atoms with Gasteiger partial charge in [-0.15, -0.1) is 0 Å². The summed E-state index contributed by atoms with van der Waals surface area (Å²) < 4.78 is 0. The normalized spacial score (nSPS) is 13.0. The van der Waals surface area contributed by atoms with E-state index in [-0.39, 0.29) is 0 Å². The van der Waals surface area contributed by atoms with Crippen LogP contribution in [0.25, 0.3) is 0 Å². The number of nitrogens with two attached hydrogens (primary N) is 1. The van der Waals surface area contributed by atoms with Crippen LogP contribution in [0.2, 0.25) is 0 Å². The second-order valence-corrected chi connectivity index (χ2v) is 5.21. The van der Waals surface area contributed by atoms with Crippen LogP contribution in [-0.4, -0.2) is 35.0 Å². The molecule has 1 rings (SSSR count). The van der Waals surface area contributed by atoms with Gasteiger partial charge in [0.2, 0.25) is 0 Å². The van der Waals surface area contributed by atoms with Crippen molar-refractivity contribution in [1.82, 2.24) is 9.88 Å². The number of hydrogen-bond acceptors (Lipinski definition) is 4. The highest BCUT2D eigenvalue weighted by Gasteiger charge is 2.12. The van der Waals surface area contributed by atoms with Crippen molar-refractivity contribution >= 4 is 11.8 Å². The molecular weight excluding hydrogens is 230 g/mol. The fourth-order valence-corrected chi connectivity index (χ4v) is 2.68. The van der Waals surface area contributed by atoms with E-state index < -0.39 is 0 Å². The Bertz CT molecular complexity index is 313. The van der Waals surface area contributed by atoms with Crippen molar-refractivity contribution < 1.29 is 0 Å². The van der Waals surface area contributed by atoms with E-state index in [0.29, 0.717) is 12.6 Å². The standard InChI is InChI=1S/C13H23N3S/c1-4-13(10-17-3)16(2)9-12-6-5-11(7-14)8-15-12/h5-6,8,13H,4,7,9-10,14H2,1-3H3. The minimum Gasteiger partial charge on any atom is -0.326 e. The number of thioether (sulfide) groups is 1. The fourth-order valence-electron chi connectivity index (χ4n) is 1.80. The van der Waals surface area contributed by atoms with Crippen LogP contribution in [0.5, 0.6) is 0 Å². The molecule has 0 saturated heterocycles. The average molecular weight is 253 g/mol. The van der Waals surface area contributed by atoms with Crippen molar-refractivity contribution in [3.05, 3.63) is 29.6 Å². The SMILES string of the molecule is CCC(CSC)N(C)Cc1ccc(CN)cn1. The smallest absolute Gasteiger partial charge is 0.0544 e. The van der Waals surface area contributed by atoms with E-state index in [9.17, 15) is 0 Å². The first kappa shape index (κ1) is 14.5. The van der Waals surface area contributed by atoms with Crippen LogP contribution in [0.3, 0.4) is 0 Å². The molecule has 0 fully saturated rings. The van der Waals surface area contributed by atoms with Gasteiger partial charge >= 0.3 is 0 Å². The molecule has 1 heterocycles. The van der Waals surface area contributed by atoms with Gasteiger partial charge in [0, 0.05) is 31.1 Å². The van der Waals surface area contributed by atoms with Crippen LogP contribution in [0.15, 0.2) is 18.3 Å². The highest BCUT2D eigenvalue weighted by Crippen LogP contribution is 2.11. The van der Waals surface area contributed by atoms with Crippen LogP contribution in [0, 0.1) is 0 Å². The van der Waals surface area contributed by atoms with Gasteiger partial charge in [0.05, 0.1) is 5.69 Å². The largest absolute Gasteiger partial charge is 0.326 e. The summed E-state index contributed by atoms with van der Waals surface area (Å²) in [5, 5.41) is 0. The topological polar surface area (TPSA) is 42.1 Å². The van der Waals surface area contributed by atoms with E-state index in [4.69, 9.17) is 5.73 Å². The molecule has 17 heavy (non-hydrogen) atoms. The zero-order valence-electron chi connectivity index (χ0n) is 11.0. The van der Waals surface area contributed by atoms with Gasteiger partial charge in [0.25, 0.3) is 0 Å². The van der Waals surface area contributed by atoms with Crippen molar-refractivity contribution in [3.63, 3.8) is 0 Å². The first-order valence-corrected chi connectivity index (χ1v) is 7.43. The van der Waals surface area contributed by atoms with E-state index >= 15 is 0 Å². The summed E-state index contributed by atoms with van der Waals surface area (Å²) in [4.78, 5) is 6.81. The Balaban J connectivity index is 2.56. The van der Waals surface area contributed by atoms with Crippen molar-refractivity contribution in [2.24, 2.45) is 5.73 Å². The number of pyridine rings is 1. The zero-order chi connectivity index (χ0) is 12.7. The Morgan fingerprint density at radius 1 is 1.47 bits per heavy atom. The highest BCUT2D eigenvalue weighted by molar-refractivity contribution is 7.98. The van der Waals surface area contributed by atoms with Crippen molar-refractivity contribution in [2.75, 3.05) is 19.1 Å². The van der Waals surface area contributed by atoms with E-state index in [1.807, 2.05) is 18.0 Å². The van der Waals surface area contributed by atoms with E-state index in [1.165, 1.54) is 12.2 Å². The van der Waals surface area contributed by atoms with E-state index in [0.717, 1.165) is 17.8 Å². The maximum atomic E-state index is 5.56. The van der Waals surface area contributed by atoms with Gasteiger partial charge in [-0.1, -0.05) is 13.0 Å². The lowest BCUT2D eigenvalue weighted by atomic mass is 10.2. The second kappa shape index (κ2) is 7.69. The Hall–Kier alpha value is -0.580. The third-order valence-corrected chi connectivity index (χ3v) is 3.70. The van der Waals surface area contributed by atoms with E-state index in [2.05, 4.69) is 42.2 Å². The molecule has 0 saturated carbocycles. The summed E-state index contributed by atoms with van der Waals surface area (Å²) in [6.07, 6.45) is 5.21. The molecule has 0 aromatic carbocycles. The lowest BCUT2D eigenvalue weighted by Gasteiger charge is -2.26. The predicted octanol–water partition coefficient (Wildman–Crippen LogP) is 2.11.